The summed E-state index contributed by atoms with van der Waals surface area (Å²) in [6, 6.07) is 7.51. The molecule has 6 N–H and O–H groups in total. The zero-order valence-electron chi connectivity index (χ0n) is 21.6. The van der Waals surface area contributed by atoms with Crippen molar-refractivity contribution < 1.29 is 48.7 Å². The second-order valence-corrected chi connectivity index (χ2v) is 11.6. The third-order valence-corrected chi connectivity index (χ3v) is 8.03. The van der Waals surface area contributed by atoms with Crippen LogP contribution >= 0.6 is 22.7 Å². The van der Waals surface area contributed by atoms with Gasteiger partial charge in [0, 0.05) is 9.75 Å². The Hall–Kier alpha value is -2.75. The van der Waals surface area contributed by atoms with E-state index >= 15 is 0 Å². The number of hydrogen-bond acceptors (Lipinski definition) is 10. The van der Waals surface area contributed by atoms with E-state index < -0.39 is 50.3 Å². The Bertz CT molecular complexity index is 1020. The van der Waals surface area contributed by atoms with Gasteiger partial charge in [-0.2, -0.15) is 0 Å². The molecule has 2 aromatic rings. The molecule has 0 saturated carbocycles. The summed E-state index contributed by atoms with van der Waals surface area (Å²) in [5.41, 5.74) is 0. The highest BCUT2D eigenvalue weighted by atomic mass is 32.1. The van der Waals surface area contributed by atoms with Gasteiger partial charge in [-0.3, -0.25) is 19.2 Å². The van der Waals surface area contributed by atoms with Crippen LogP contribution in [0.25, 0.3) is 0 Å². The highest BCUT2D eigenvalue weighted by Crippen LogP contribution is 2.20. The van der Waals surface area contributed by atoms with E-state index in [9.17, 15) is 29.2 Å². The van der Waals surface area contributed by atoms with E-state index in [0.717, 1.165) is 9.75 Å². The van der Waals surface area contributed by atoms with Crippen molar-refractivity contribution in [2.75, 3.05) is 0 Å². The molecule has 16 heteroatoms. The largest absolute Gasteiger partial charge is 0.481 e. The van der Waals surface area contributed by atoms with E-state index in [0.29, 0.717) is 25.7 Å². The maximum Gasteiger partial charge on any atom is 0.478 e. The standard InChI is InChI=1S/2C12H16BNO5S/c2*15-11(7-9-2-1-5-20-9)14-10-4-3-8(6-12(16)17)19-13(10)18/h2*1-2,5,8,10,18H,3-4,6-7H2,(H,14,15)(H,16,17)/t2*8-,10-/m00/s1. The van der Waals surface area contributed by atoms with E-state index in [2.05, 4.69) is 10.6 Å². The van der Waals surface area contributed by atoms with E-state index in [1.54, 1.807) is 0 Å². The fraction of sp³-hybridized carbons (Fsp3) is 0.500. The zero-order valence-corrected chi connectivity index (χ0v) is 23.3. The van der Waals surface area contributed by atoms with Crippen LogP contribution in [0, 0.1) is 0 Å². The van der Waals surface area contributed by atoms with Gasteiger partial charge in [0.15, 0.2) is 0 Å². The van der Waals surface area contributed by atoms with Crippen molar-refractivity contribution in [1.29, 1.82) is 0 Å². The lowest BCUT2D eigenvalue weighted by molar-refractivity contribution is -0.140. The number of thiophene rings is 2. The minimum Gasteiger partial charge on any atom is -0.481 e. The van der Waals surface area contributed by atoms with Crippen molar-refractivity contribution in [3.8, 4) is 0 Å². The summed E-state index contributed by atoms with van der Waals surface area (Å²) in [5, 5.41) is 46.2. The molecule has 0 bridgehead atoms. The fourth-order valence-corrected chi connectivity index (χ4v) is 5.78. The predicted molar refractivity (Wildman–Crippen MR) is 149 cm³/mol. The Balaban J connectivity index is 0.000000220. The van der Waals surface area contributed by atoms with Gasteiger partial charge in [0.1, 0.15) is 0 Å². The molecule has 4 atom stereocenters. The van der Waals surface area contributed by atoms with Crippen LogP contribution in [0.15, 0.2) is 35.0 Å². The number of carbonyl (C=O) groups is 4. The van der Waals surface area contributed by atoms with Gasteiger partial charge in [0.2, 0.25) is 11.8 Å². The lowest BCUT2D eigenvalue weighted by atomic mass is 9.72. The van der Waals surface area contributed by atoms with E-state index in [-0.39, 0.29) is 37.5 Å². The van der Waals surface area contributed by atoms with Crippen LogP contribution in [0.5, 0.6) is 0 Å². The number of hydrogen-bond donors (Lipinski definition) is 6. The Kier molecular flexibility index (Phi) is 12.6. The fourth-order valence-electron chi connectivity index (χ4n) is 4.37. The molecule has 40 heavy (non-hydrogen) atoms. The number of amides is 2. The number of carboxylic acids is 2. The topological polar surface area (TPSA) is 192 Å². The van der Waals surface area contributed by atoms with Crippen molar-refractivity contribution in [3.63, 3.8) is 0 Å². The lowest BCUT2D eigenvalue weighted by Crippen LogP contribution is -2.53. The highest BCUT2D eigenvalue weighted by Gasteiger charge is 2.37. The molecule has 0 radical (unpaired) electrons. The minimum atomic E-state index is -1.15. The Morgan fingerprint density at radius 2 is 1.15 bits per heavy atom. The van der Waals surface area contributed by atoms with Gasteiger partial charge in [-0.1, -0.05) is 12.1 Å². The van der Waals surface area contributed by atoms with Gasteiger partial charge in [0.25, 0.3) is 0 Å². The summed E-state index contributed by atoms with van der Waals surface area (Å²) < 4.78 is 10.4. The molecule has 12 nitrogen and oxygen atoms in total. The van der Waals surface area contributed by atoms with Crippen LogP contribution in [0.3, 0.4) is 0 Å². The molecule has 216 valence electrons. The van der Waals surface area contributed by atoms with Crippen molar-refractivity contribution in [1.82, 2.24) is 10.6 Å². The molecule has 2 aromatic heterocycles. The second kappa shape index (κ2) is 15.9. The SMILES string of the molecule is O=C(O)C[C@@H]1CC[C@H](NC(=O)Cc2cccs2)B(O)O1.O=C(O)C[C@@H]1CC[C@H](NC(=O)Cc2cccs2)B(O)O1. The summed E-state index contributed by atoms with van der Waals surface area (Å²) in [4.78, 5) is 46.7. The van der Waals surface area contributed by atoms with Gasteiger partial charge in [0.05, 0.1) is 49.8 Å². The number of carboxylic acid groups (broad SMARTS) is 2. The quantitative estimate of drug-likeness (QED) is 0.216. The molecule has 2 amide bonds. The number of rotatable bonds is 10. The summed E-state index contributed by atoms with van der Waals surface area (Å²) in [6.45, 7) is 0. The third kappa shape index (κ3) is 11.0. The van der Waals surface area contributed by atoms with Crippen LogP contribution in [0.2, 0.25) is 0 Å². The summed E-state index contributed by atoms with van der Waals surface area (Å²) in [6.07, 6.45) is 1.34. The smallest absolute Gasteiger partial charge is 0.478 e. The maximum atomic E-state index is 11.8. The normalized spacial score (nSPS) is 22.6. The molecule has 2 saturated heterocycles. The molecule has 4 rings (SSSR count). The highest BCUT2D eigenvalue weighted by molar-refractivity contribution is 7.10. The Labute approximate surface area is 240 Å². The maximum absolute atomic E-state index is 11.8. The predicted octanol–water partition coefficient (Wildman–Crippen LogP) is 0.898. The molecule has 0 unspecified atom stereocenters. The van der Waals surface area contributed by atoms with Crippen molar-refractivity contribution in [2.24, 2.45) is 0 Å². The van der Waals surface area contributed by atoms with E-state index in [1.165, 1.54) is 22.7 Å². The summed E-state index contributed by atoms with van der Waals surface area (Å²) >= 11 is 3.00. The lowest BCUT2D eigenvalue weighted by Gasteiger charge is -2.30. The van der Waals surface area contributed by atoms with Crippen LogP contribution in [-0.2, 0) is 41.3 Å². The third-order valence-electron chi connectivity index (χ3n) is 6.28. The molecule has 2 aliphatic rings. The molecule has 0 spiro atoms. The number of nitrogens with one attached hydrogen (secondary N) is 2. The Morgan fingerprint density at radius 1 is 0.750 bits per heavy atom. The molecule has 4 heterocycles. The second-order valence-electron chi connectivity index (χ2n) is 9.51. The molecule has 0 aliphatic carbocycles. The molecule has 2 aliphatic heterocycles. The summed E-state index contributed by atoms with van der Waals surface area (Å²) in [7, 11) is -2.30. The molecule has 2 fully saturated rings. The van der Waals surface area contributed by atoms with Crippen molar-refractivity contribution in [3.05, 3.63) is 44.8 Å². The average molecular weight is 594 g/mol. The van der Waals surface area contributed by atoms with Crippen LogP contribution in [0.1, 0.15) is 48.3 Å². The summed E-state index contributed by atoms with van der Waals surface area (Å²) in [5.74, 6) is -3.21. The van der Waals surface area contributed by atoms with Gasteiger partial charge in [-0.05, 0) is 48.6 Å². The van der Waals surface area contributed by atoms with Crippen LogP contribution < -0.4 is 10.6 Å². The number of aliphatic carboxylic acids is 2. The molecule has 0 aromatic carbocycles. The first kappa shape index (κ1) is 31.8. The van der Waals surface area contributed by atoms with Crippen molar-refractivity contribution in [2.45, 2.75) is 75.5 Å². The first-order chi connectivity index (χ1) is 19.1. The number of carbonyl (C=O) groups excluding carboxylic acids is 2. The van der Waals surface area contributed by atoms with Crippen LogP contribution in [0.4, 0.5) is 0 Å². The van der Waals surface area contributed by atoms with Gasteiger partial charge in [-0.25, -0.2) is 0 Å². The first-order valence-corrected chi connectivity index (χ1v) is 14.6. The van der Waals surface area contributed by atoms with Crippen molar-refractivity contribution >= 4 is 60.7 Å². The van der Waals surface area contributed by atoms with Gasteiger partial charge in [-0.15, -0.1) is 22.7 Å². The Morgan fingerprint density at radius 3 is 1.45 bits per heavy atom. The molecular weight excluding hydrogens is 562 g/mol. The van der Waals surface area contributed by atoms with Gasteiger partial charge >= 0.3 is 26.2 Å². The first-order valence-electron chi connectivity index (χ1n) is 12.8. The molecular formula is C24H32B2N2O10S2. The zero-order chi connectivity index (χ0) is 29.1. The monoisotopic (exact) mass is 594 g/mol. The minimum absolute atomic E-state index is 0.132. The van der Waals surface area contributed by atoms with E-state index in [4.69, 9.17) is 19.5 Å². The van der Waals surface area contributed by atoms with Gasteiger partial charge < -0.3 is 40.2 Å². The van der Waals surface area contributed by atoms with Crippen LogP contribution in [-0.4, -0.2) is 82.3 Å². The van der Waals surface area contributed by atoms with E-state index in [1.807, 2.05) is 35.0 Å². The average Bonchev–Trinajstić information content (AvgIpc) is 3.57.